The zero-order chi connectivity index (χ0) is 15.7. The van der Waals surface area contributed by atoms with Gasteiger partial charge in [-0.05, 0) is 43.3 Å². The number of ether oxygens (including phenoxy) is 1. The van der Waals surface area contributed by atoms with Crippen molar-refractivity contribution in [1.29, 1.82) is 0 Å². The summed E-state index contributed by atoms with van der Waals surface area (Å²) in [6.45, 7) is 3.30. The third-order valence-electron chi connectivity index (χ3n) is 3.14. The summed E-state index contributed by atoms with van der Waals surface area (Å²) < 4.78 is 5.90. The summed E-state index contributed by atoms with van der Waals surface area (Å²) in [7, 11) is 0. The Kier molecular flexibility index (Phi) is 3.73. The van der Waals surface area contributed by atoms with Gasteiger partial charge in [-0.15, -0.1) is 11.3 Å². The van der Waals surface area contributed by atoms with Crippen LogP contribution < -0.4 is 10.3 Å². The Bertz CT molecular complexity index is 913. The Labute approximate surface area is 131 Å². The summed E-state index contributed by atoms with van der Waals surface area (Å²) in [5.41, 5.74) is 1.63. The summed E-state index contributed by atoms with van der Waals surface area (Å²) in [4.78, 5) is 27.2. The van der Waals surface area contributed by atoms with E-state index in [0.29, 0.717) is 16.1 Å². The molecule has 4 nitrogen and oxygen atoms in total. The molecule has 3 aromatic rings. The van der Waals surface area contributed by atoms with Gasteiger partial charge in [-0.3, -0.25) is 9.59 Å². The van der Waals surface area contributed by atoms with Crippen LogP contribution in [0.2, 0.25) is 0 Å². The van der Waals surface area contributed by atoms with Crippen molar-refractivity contribution in [2.24, 2.45) is 0 Å². The summed E-state index contributed by atoms with van der Waals surface area (Å²) in [6.07, 6.45) is 0. The lowest BCUT2D eigenvalue weighted by Gasteiger charge is -2.04. The standard InChI is InChI=1S/C17H13NO3S/c1-10-3-8-15-14(9-10)16(20)18-17(22-15)12-4-6-13(7-5-12)21-11(2)19/h3-9H,1-2H3. The minimum Gasteiger partial charge on any atom is -0.427 e. The van der Waals surface area contributed by atoms with Crippen LogP contribution in [0.3, 0.4) is 0 Å². The maximum atomic E-state index is 12.2. The Balaban J connectivity index is 2.05. The van der Waals surface area contributed by atoms with E-state index < -0.39 is 0 Å². The molecule has 0 radical (unpaired) electrons. The van der Waals surface area contributed by atoms with Crippen LogP contribution in [0.5, 0.6) is 5.75 Å². The van der Waals surface area contributed by atoms with E-state index in [9.17, 15) is 9.59 Å². The SMILES string of the molecule is CC(=O)Oc1ccc(-c2nc(=O)c3cc(C)ccc3s2)cc1. The molecule has 2 aromatic carbocycles. The predicted octanol–water partition coefficient (Wildman–Crippen LogP) is 3.56. The second-order valence-electron chi connectivity index (χ2n) is 4.94. The number of esters is 1. The molecule has 0 fully saturated rings. The Hall–Kier alpha value is -2.53. The van der Waals surface area contributed by atoms with Crippen molar-refractivity contribution in [2.75, 3.05) is 0 Å². The van der Waals surface area contributed by atoms with Gasteiger partial charge in [0.25, 0.3) is 5.56 Å². The first-order valence-electron chi connectivity index (χ1n) is 6.73. The molecule has 3 rings (SSSR count). The average molecular weight is 311 g/mol. The number of aromatic nitrogens is 1. The van der Waals surface area contributed by atoms with E-state index in [2.05, 4.69) is 4.98 Å². The lowest BCUT2D eigenvalue weighted by molar-refractivity contribution is -0.131. The molecule has 22 heavy (non-hydrogen) atoms. The highest BCUT2D eigenvalue weighted by Crippen LogP contribution is 2.27. The molecule has 1 aromatic heterocycles. The van der Waals surface area contributed by atoms with Crippen molar-refractivity contribution < 1.29 is 9.53 Å². The van der Waals surface area contributed by atoms with Crippen molar-refractivity contribution in [2.45, 2.75) is 13.8 Å². The number of carbonyl (C=O) groups is 1. The molecule has 0 bridgehead atoms. The molecule has 0 atom stereocenters. The number of hydrogen-bond donors (Lipinski definition) is 0. The summed E-state index contributed by atoms with van der Waals surface area (Å²) >= 11 is 1.46. The summed E-state index contributed by atoms with van der Waals surface area (Å²) in [6, 6.07) is 12.7. The van der Waals surface area contributed by atoms with E-state index in [0.717, 1.165) is 15.8 Å². The van der Waals surface area contributed by atoms with Crippen LogP contribution in [-0.4, -0.2) is 11.0 Å². The molecule has 0 aliphatic heterocycles. The highest BCUT2D eigenvalue weighted by Gasteiger charge is 2.07. The smallest absolute Gasteiger partial charge is 0.308 e. The van der Waals surface area contributed by atoms with Crippen LogP contribution in [0.15, 0.2) is 47.3 Å². The van der Waals surface area contributed by atoms with Crippen molar-refractivity contribution in [3.8, 4) is 16.3 Å². The van der Waals surface area contributed by atoms with Gasteiger partial charge >= 0.3 is 5.97 Å². The van der Waals surface area contributed by atoms with E-state index in [1.165, 1.54) is 18.3 Å². The number of carbonyl (C=O) groups excluding carboxylic acids is 1. The molecule has 0 saturated carbocycles. The predicted molar refractivity (Wildman–Crippen MR) is 87.4 cm³/mol. The van der Waals surface area contributed by atoms with Crippen molar-refractivity contribution in [1.82, 2.24) is 4.98 Å². The molecule has 0 amide bonds. The lowest BCUT2D eigenvalue weighted by atomic mass is 10.2. The number of hydrogen-bond acceptors (Lipinski definition) is 5. The van der Waals surface area contributed by atoms with Gasteiger partial charge in [0.2, 0.25) is 0 Å². The van der Waals surface area contributed by atoms with Crippen LogP contribution in [0.25, 0.3) is 20.7 Å². The Morgan fingerprint density at radius 3 is 2.55 bits per heavy atom. The topological polar surface area (TPSA) is 56.3 Å². The van der Waals surface area contributed by atoms with E-state index in [-0.39, 0.29) is 11.5 Å². The van der Waals surface area contributed by atoms with Crippen LogP contribution in [-0.2, 0) is 4.79 Å². The van der Waals surface area contributed by atoms with Crippen molar-refractivity contribution >= 4 is 27.4 Å². The molecule has 0 aliphatic carbocycles. The maximum Gasteiger partial charge on any atom is 0.308 e. The van der Waals surface area contributed by atoms with Gasteiger partial charge in [0.15, 0.2) is 0 Å². The minimum atomic E-state index is -0.364. The molecule has 0 aliphatic rings. The van der Waals surface area contributed by atoms with Crippen LogP contribution in [0, 0.1) is 6.92 Å². The molecule has 5 heteroatoms. The maximum absolute atomic E-state index is 12.2. The van der Waals surface area contributed by atoms with Crippen molar-refractivity contribution in [3.05, 3.63) is 58.4 Å². The molecular weight excluding hydrogens is 298 g/mol. The molecular formula is C17H13NO3S. The molecule has 0 spiro atoms. The van der Waals surface area contributed by atoms with Crippen LogP contribution in [0.4, 0.5) is 0 Å². The quantitative estimate of drug-likeness (QED) is 0.536. The van der Waals surface area contributed by atoms with Gasteiger partial charge in [0.05, 0.1) is 5.39 Å². The van der Waals surface area contributed by atoms with E-state index in [1.54, 1.807) is 24.3 Å². The first-order valence-corrected chi connectivity index (χ1v) is 7.55. The molecule has 110 valence electrons. The first-order chi connectivity index (χ1) is 10.5. The first kappa shape index (κ1) is 14.4. The molecule has 0 N–H and O–H groups in total. The fourth-order valence-corrected chi connectivity index (χ4v) is 3.12. The average Bonchev–Trinajstić information content (AvgIpc) is 2.48. The molecule has 0 unspecified atom stereocenters. The fourth-order valence-electron chi connectivity index (χ4n) is 2.13. The largest absolute Gasteiger partial charge is 0.427 e. The highest BCUT2D eigenvalue weighted by molar-refractivity contribution is 7.21. The third-order valence-corrected chi connectivity index (χ3v) is 4.23. The number of nitrogens with zero attached hydrogens (tertiary/aromatic N) is 1. The monoisotopic (exact) mass is 311 g/mol. The Morgan fingerprint density at radius 1 is 1.14 bits per heavy atom. The summed E-state index contributed by atoms with van der Waals surface area (Å²) in [5.74, 6) is 0.108. The lowest BCUT2D eigenvalue weighted by Crippen LogP contribution is -2.06. The fraction of sp³-hybridized carbons (Fsp3) is 0.118. The van der Waals surface area contributed by atoms with Gasteiger partial charge in [-0.25, -0.2) is 0 Å². The second-order valence-corrected chi connectivity index (χ2v) is 5.97. The highest BCUT2D eigenvalue weighted by atomic mass is 32.1. The normalized spacial score (nSPS) is 10.6. The van der Waals surface area contributed by atoms with E-state index in [4.69, 9.17) is 4.74 Å². The number of benzene rings is 2. The van der Waals surface area contributed by atoms with Gasteiger partial charge in [0, 0.05) is 17.2 Å². The van der Waals surface area contributed by atoms with Gasteiger partial charge in [0.1, 0.15) is 10.8 Å². The second kappa shape index (κ2) is 5.69. The Morgan fingerprint density at radius 2 is 1.86 bits per heavy atom. The van der Waals surface area contributed by atoms with E-state index in [1.807, 2.05) is 25.1 Å². The van der Waals surface area contributed by atoms with Gasteiger partial charge < -0.3 is 4.74 Å². The zero-order valence-electron chi connectivity index (χ0n) is 12.1. The third kappa shape index (κ3) is 2.89. The summed E-state index contributed by atoms with van der Waals surface area (Å²) in [5, 5.41) is 1.29. The van der Waals surface area contributed by atoms with Gasteiger partial charge in [-0.2, -0.15) is 4.98 Å². The van der Waals surface area contributed by atoms with Crippen molar-refractivity contribution in [3.63, 3.8) is 0 Å². The van der Waals surface area contributed by atoms with Crippen LogP contribution >= 0.6 is 11.3 Å². The molecule has 1 heterocycles. The zero-order valence-corrected chi connectivity index (χ0v) is 12.9. The molecule has 0 saturated heterocycles. The number of aryl methyl sites for hydroxylation is 1. The minimum absolute atomic E-state index is 0.225. The van der Waals surface area contributed by atoms with E-state index >= 15 is 0 Å². The number of fused-ring (bicyclic) bond motifs is 1. The van der Waals surface area contributed by atoms with Gasteiger partial charge in [-0.1, -0.05) is 11.6 Å². The van der Waals surface area contributed by atoms with Crippen LogP contribution in [0.1, 0.15) is 12.5 Å². The number of rotatable bonds is 2.